The molecule has 1 aromatic carbocycles. The molecule has 1 fully saturated rings. The quantitative estimate of drug-likeness (QED) is 0.259. The van der Waals surface area contributed by atoms with Gasteiger partial charge in [0.1, 0.15) is 0 Å². The van der Waals surface area contributed by atoms with E-state index in [0.717, 1.165) is 19.5 Å². The molecule has 0 bridgehead atoms. The molecule has 1 heterocycles. The molecule has 5 nitrogen and oxygen atoms in total. The van der Waals surface area contributed by atoms with E-state index in [-0.39, 0.29) is 23.1 Å². The molecule has 0 aromatic heterocycles. The van der Waals surface area contributed by atoms with E-state index in [4.69, 9.17) is 5.73 Å². The molecular formula is C16H18N2O3. The van der Waals surface area contributed by atoms with Crippen molar-refractivity contribution in [2.45, 2.75) is 19.8 Å². The number of carbonyl (C=O) groups excluding carboxylic acids is 1. The lowest BCUT2D eigenvalue weighted by atomic mass is 10.1. The summed E-state index contributed by atoms with van der Waals surface area (Å²) in [7, 11) is 0. The highest BCUT2D eigenvalue weighted by Crippen LogP contribution is 2.33. The minimum absolute atomic E-state index is 0.0568. The number of aromatic hydroxyl groups is 2. The zero-order valence-electron chi connectivity index (χ0n) is 11.9. The predicted octanol–water partition coefficient (Wildman–Crippen LogP) is 1.71. The van der Waals surface area contributed by atoms with Gasteiger partial charge in [0.05, 0.1) is 11.3 Å². The Morgan fingerprint density at radius 3 is 2.71 bits per heavy atom. The summed E-state index contributed by atoms with van der Waals surface area (Å²) in [6.07, 6.45) is 3.22. The lowest BCUT2D eigenvalue weighted by molar-refractivity contribution is -0.121. The van der Waals surface area contributed by atoms with Gasteiger partial charge >= 0.3 is 0 Å². The fraction of sp³-hybridized carbons (Fsp3) is 0.312. The van der Waals surface area contributed by atoms with Crippen LogP contribution in [0.4, 0.5) is 5.69 Å². The van der Waals surface area contributed by atoms with E-state index < -0.39 is 0 Å². The van der Waals surface area contributed by atoms with Crippen LogP contribution in [0.25, 0.3) is 6.08 Å². The number of rotatable bonds is 3. The second-order valence-electron chi connectivity index (χ2n) is 4.88. The number of nitrogens with two attached hydrogens (primary N) is 1. The Bertz CT molecular complexity index is 626. The average molecular weight is 286 g/mol. The zero-order valence-corrected chi connectivity index (χ0v) is 11.9. The molecule has 0 radical (unpaired) electrons. The molecule has 0 aliphatic carbocycles. The first-order chi connectivity index (χ1) is 10.0. The molecule has 0 unspecified atom stereocenters. The van der Waals surface area contributed by atoms with Crippen molar-refractivity contribution in [3.63, 3.8) is 0 Å². The molecule has 4 N–H and O–H groups in total. The van der Waals surface area contributed by atoms with E-state index in [1.54, 1.807) is 11.0 Å². The van der Waals surface area contributed by atoms with E-state index in [9.17, 15) is 15.0 Å². The maximum absolute atomic E-state index is 12.2. The van der Waals surface area contributed by atoms with Gasteiger partial charge in [-0.25, -0.2) is 0 Å². The molecule has 110 valence electrons. The minimum Gasteiger partial charge on any atom is -0.504 e. The van der Waals surface area contributed by atoms with Gasteiger partial charge in [-0.15, -0.1) is 0 Å². The summed E-state index contributed by atoms with van der Waals surface area (Å²) < 4.78 is 0. The topological polar surface area (TPSA) is 86.6 Å². The summed E-state index contributed by atoms with van der Waals surface area (Å²) in [6.45, 7) is 3.51. The van der Waals surface area contributed by atoms with Crippen LogP contribution < -0.4 is 5.73 Å². The molecule has 21 heavy (non-hydrogen) atoms. The molecule has 5 heteroatoms. The Hall–Kier alpha value is -2.61. The maximum atomic E-state index is 12.2. The molecule has 1 saturated heterocycles. The lowest BCUT2D eigenvalue weighted by Crippen LogP contribution is -2.12. The molecule has 1 amide bonds. The van der Waals surface area contributed by atoms with Gasteiger partial charge in [0.2, 0.25) is 0 Å². The summed E-state index contributed by atoms with van der Waals surface area (Å²) in [5.74, 6) is 5.03. The third-order valence-electron chi connectivity index (χ3n) is 3.02. The van der Waals surface area contributed by atoms with Crippen LogP contribution in [0, 0.1) is 11.8 Å². The first kappa shape index (κ1) is 14.8. The number of phenolic OH excluding ortho intramolecular Hbond substituents is 2. The highest BCUT2D eigenvalue weighted by Gasteiger charge is 2.26. The summed E-state index contributed by atoms with van der Waals surface area (Å²) in [4.78, 5) is 13.8. The molecule has 2 rings (SSSR count). The Morgan fingerprint density at radius 1 is 1.43 bits per heavy atom. The number of carbonyl (C=O) groups is 1. The summed E-state index contributed by atoms with van der Waals surface area (Å²) in [5, 5.41) is 19.0. The van der Waals surface area contributed by atoms with Crippen LogP contribution >= 0.6 is 0 Å². The number of unbranched alkanes of at least 4 members (excludes halogenated alkanes) is 1. The van der Waals surface area contributed by atoms with Crippen LogP contribution in [0.2, 0.25) is 0 Å². The zero-order chi connectivity index (χ0) is 15.4. The predicted molar refractivity (Wildman–Crippen MR) is 81.4 cm³/mol. The Kier molecular flexibility index (Phi) is 4.39. The van der Waals surface area contributed by atoms with Crippen molar-refractivity contribution >= 4 is 17.7 Å². The van der Waals surface area contributed by atoms with Crippen molar-refractivity contribution in [1.82, 2.24) is 4.90 Å². The van der Waals surface area contributed by atoms with Crippen LogP contribution in [-0.4, -0.2) is 34.1 Å². The van der Waals surface area contributed by atoms with E-state index in [2.05, 4.69) is 11.8 Å². The van der Waals surface area contributed by atoms with Crippen molar-refractivity contribution < 1.29 is 15.0 Å². The second kappa shape index (κ2) is 6.23. The van der Waals surface area contributed by atoms with Crippen molar-refractivity contribution in [2.24, 2.45) is 0 Å². The fourth-order valence-corrected chi connectivity index (χ4v) is 1.77. The van der Waals surface area contributed by atoms with Gasteiger partial charge in [0.15, 0.2) is 11.5 Å². The van der Waals surface area contributed by atoms with E-state index >= 15 is 0 Å². The molecule has 0 spiro atoms. The lowest BCUT2D eigenvalue weighted by Gasteiger charge is -2.05. The smallest absolute Gasteiger partial charge is 0.262 e. The van der Waals surface area contributed by atoms with Crippen molar-refractivity contribution in [3.8, 4) is 23.3 Å². The number of nitrogens with zero attached hydrogens (tertiary/aromatic N) is 1. The van der Waals surface area contributed by atoms with Crippen molar-refractivity contribution in [2.75, 3.05) is 18.8 Å². The number of nitrogen functional groups attached to an aromatic ring is 1. The normalized spacial score (nSPS) is 13.6. The van der Waals surface area contributed by atoms with E-state index in [1.165, 1.54) is 12.1 Å². The van der Waals surface area contributed by atoms with E-state index in [0.29, 0.717) is 17.6 Å². The second-order valence-corrected chi connectivity index (χ2v) is 4.88. The third kappa shape index (κ3) is 3.69. The van der Waals surface area contributed by atoms with Gasteiger partial charge < -0.3 is 20.8 Å². The molecule has 1 aliphatic rings. The van der Waals surface area contributed by atoms with Crippen molar-refractivity contribution in [3.05, 3.63) is 23.3 Å². The average Bonchev–Trinajstić information content (AvgIpc) is 3.27. The SMILES string of the molecule is CCCC#C/C(=C\c1cc(N)c(O)c(O)c1)C(=O)N1CC1. The largest absolute Gasteiger partial charge is 0.504 e. The van der Waals surface area contributed by atoms with Crippen molar-refractivity contribution in [1.29, 1.82) is 0 Å². The van der Waals surface area contributed by atoms with Crippen LogP contribution in [0.5, 0.6) is 11.5 Å². The van der Waals surface area contributed by atoms with Gasteiger partial charge in [-0.3, -0.25) is 4.79 Å². The number of phenols is 2. The molecule has 1 aromatic rings. The van der Waals surface area contributed by atoms with Crippen LogP contribution in [0.15, 0.2) is 17.7 Å². The maximum Gasteiger partial charge on any atom is 0.262 e. The molecule has 0 saturated carbocycles. The van der Waals surface area contributed by atoms with Crippen LogP contribution in [0.3, 0.4) is 0 Å². The van der Waals surface area contributed by atoms with Crippen LogP contribution in [0.1, 0.15) is 25.3 Å². The number of anilines is 1. The van der Waals surface area contributed by atoms with Gasteiger partial charge in [-0.1, -0.05) is 18.8 Å². The molecule has 0 atom stereocenters. The van der Waals surface area contributed by atoms with Gasteiger partial charge in [-0.05, 0) is 30.2 Å². The monoisotopic (exact) mass is 286 g/mol. The number of amides is 1. The minimum atomic E-state index is -0.358. The third-order valence-corrected chi connectivity index (χ3v) is 3.02. The molecule has 1 aliphatic heterocycles. The first-order valence-electron chi connectivity index (χ1n) is 6.84. The standard InChI is InChI=1S/C16H18N2O3/c1-2-3-4-5-12(16(21)18-6-7-18)8-11-9-13(17)15(20)14(19)10-11/h8-10,19-20H,2-3,6-7,17H2,1H3/b12-8+. The Morgan fingerprint density at radius 2 is 2.14 bits per heavy atom. The van der Waals surface area contributed by atoms with Gasteiger partial charge in [-0.2, -0.15) is 0 Å². The highest BCUT2D eigenvalue weighted by molar-refractivity contribution is 6.03. The number of benzene rings is 1. The Balaban J connectivity index is 2.35. The van der Waals surface area contributed by atoms with Gasteiger partial charge in [0, 0.05) is 19.5 Å². The number of hydrogen-bond acceptors (Lipinski definition) is 4. The summed E-state index contributed by atoms with van der Waals surface area (Å²) in [5.41, 5.74) is 6.55. The summed E-state index contributed by atoms with van der Waals surface area (Å²) in [6, 6.07) is 2.84. The van der Waals surface area contributed by atoms with E-state index in [1.807, 2.05) is 6.92 Å². The van der Waals surface area contributed by atoms with Crippen LogP contribution in [-0.2, 0) is 4.79 Å². The van der Waals surface area contributed by atoms with Gasteiger partial charge in [0.25, 0.3) is 5.91 Å². The summed E-state index contributed by atoms with van der Waals surface area (Å²) >= 11 is 0. The fourth-order valence-electron chi connectivity index (χ4n) is 1.77. The number of hydrogen-bond donors (Lipinski definition) is 3. The highest BCUT2D eigenvalue weighted by atomic mass is 16.3. The Labute approximate surface area is 123 Å². The first-order valence-corrected chi connectivity index (χ1v) is 6.84. The molecular weight excluding hydrogens is 268 g/mol.